The number of carboxylic acid groups (broad SMARTS) is 1. The molecule has 2 aromatic carbocycles. The lowest BCUT2D eigenvalue weighted by atomic mass is 9.87. The average Bonchev–Trinajstić information content (AvgIpc) is 3.23. The number of para-hydroxylation sites is 1. The van der Waals surface area contributed by atoms with Crippen LogP contribution in [0.1, 0.15) is 12.8 Å². The number of nitrogens with one attached hydrogen (secondary N) is 2. The molecule has 4 rings (SSSR count). The van der Waals surface area contributed by atoms with Gasteiger partial charge in [-0.2, -0.15) is 22.0 Å². The van der Waals surface area contributed by atoms with Crippen LogP contribution in [-0.4, -0.2) is 62.4 Å². The SMILES string of the molecule is O=C(Nc1ccc2c(c1)ncn2-c1ccccc1)C(F)(F)C1(O)CCCNC1.O=C(O)C(F)(F)F. The Bertz CT molecular complexity index is 1190. The van der Waals surface area contributed by atoms with Crippen LogP contribution in [0.3, 0.4) is 0 Å². The Morgan fingerprint density at radius 2 is 1.74 bits per heavy atom. The first-order chi connectivity index (χ1) is 16.3. The van der Waals surface area contributed by atoms with Crippen molar-refractivity contribution in [3.63, 3.8) is 0 Å². The predicted molar refractivity (Wildman–Crippen MR) is 115 cm³/mol. The average molecular weight is 500 g/mol. The minimum absolute atomic E-state index is 0.138. The Morgan fingerprint density at radius 3 is 2.31 bits per heavy atom. The maximum Gasteiger partial charge on any atom is 0.490 e. The van der Waals surface area contributed by atoms with E-state index in [9.17, 15) is 31.9 Å². The third-order valence-corrected chi connectivity index (χ3v) is 5.31. The third kappa shape index (κ3) is 5.74. The molecular weight excluding hydrogens is 479 g/mol. The van der Waals surface area contributed by atoms with Gasteiger partial charge < -0.3 is 20.8 Å². The highest BCUT2D eigenvalue weighted by atomic mass is 19.4. The number of hydrogen-bond acceptors (Lipinski definition) is 5. The van der Waals surface area contributed by atoms with E-state index >= 15 is 0 Å². The normalized spacial score (nSPS) is 18.5. The molecule has 1 aliphatic rings. The number of nitrogens with zero attached hydrogens (tertiary/aromatic N) is 2. The van der Waals surface area contributed by atoms with Crippen molar-refractivity contribution in [2.75, 3.05) is 18.4 Å². The molecule has 1 aromatic heterocycles. The van der Waals surface area contributed by atoms with E-state index in [1.807, 2.05) is 34.9 Å². The van der Waals surface area contributed by atoms with E-state index in [1.165, 1.54) is 6.07 Å². The molecule has 1 aliphatic heterocycles. The number of aliphatic carboxylic acids is 1. The van der Waals surface area contributed by atoms with E-state index < -0.39 is 29.6 Å². The highest BCUT2D eigenvalue weighted by Crippen LogP contribution is 2.35. The van der Waals surface area contributed by atoms with Crippen LogP contribution in [-0.2, 0) is 9.59 Å². The summed E-state index contributed by atoms with van der Waals surface area (Å²) in [6.45, 7) is 0.217. The van der Waals surface area contributed by atoms with Crippen molar-refractivity contribution in [1.82, 2.24) is 14.9 Å². The molecule has 8 nitrogen and oxygen atoms in total. The number of carbonyl (C=O) groups excluding carboxylic acids is 1. The molecule has 1 unspecified atom stereocenters. The van der Waals surface area contributed by atoms with Gasteiger partial charge in [-0.1, -0.05) is 18.2 Å². The zero-order chi connectivity index (χ0) is 25.9. The van der Waals surface area contributed by atoms with Crippen LogP contribution >= 0.6 is 0 Å². The molecule has 13 heteroatoms. The van der Waals surface area contributed by atoms with E-state index in [1.54, 1.807) is 18.5 Å². The Balaban J connectivity index is 0.000000429. The second kappa shape index (κ2) is 9.96. The van der Waals surface area contributed by atoms with Gasteiger partial charge in [0.2, 0.25) is 0 Å². The molecule has 2 heterocycles. The summed E-state index contributed by atoms with van der Waals surface area (Å²) in [6, 6.07) is 14.4. The standard InChI is InChI=1S/C20H20F2N4O2.C2HF3O2/c21-20(22,19(28)9-4-10-23-12-19)18(27)25-14-7-8-17-16(11-14)24-13-26(17)15-5-2-1-3-6-15;3-2(4,5)1(6)7/h1-3,5-8,11,13,23,28H,4,9-10,12H2,(H,25,27);(H,6,7). The topological polar surface area (TPSA) is 116 Å². The van der Waals surface area contributed by atoms with Crippen LogP contribution in [0.4, 0.5) is 27.6 Å². The molecule has 1 fully saturated rings. The molecule has 1 amide bonds. The molecule has 0 spiro atoms. The van der Waals surface area contributed by atoms with Crippen LogP contribution in [0.2, 0.25) is 0 Å². The number of carbonyl (C=O) groups is 2. The summed E-state index contributed by atoms with van der Waals surface area (Å²) in [5.41, 5.74) is 0.0613. The van der Waals surface area contributed by atoms with Gasteiger partial charge in [0.15, 0.2) is 0 Å². The van der Waals surface area contributed by atoms with E-state index in [2.05, 4.69) is 15.6 Å². The van der Waals surface area contributed by atoms with Crippen molar-refractivity contribution in [3.8, 4) is 5.69 Å². The van der Waals surface area contributed by atoms with Gasteiger partial charge in [-0.05, 0) is 49.7 Å². The van der Waals surface area contributed by atoms with Crippen molar-refractivity contribution < 1.29 is 41.8 Å². The van der Waals surface area contributed by atoms with E-state index in [0.717, 1.165) is 11.2 Å². The van der Waals surface area contributed by atoms with Gasteiger partial charge in [0, 0.05) is 17.9 Å². The van der Waals surface area contributed by atoms with Crippen molar-refractivity contribution >= 4 is 28.6 Å². The minimum atomic E-state index is -5.08. The number of hydrogen-bond donors (Lipinski definition) is 4. The largest absolute Gasteiger partial charge is 0.490 e. The van der Waals surface area contributed by atoms with Crippen molar-refractivity contribution in [3.05, 3.63) is 54.9 Å². The number of carboxylic acids is 1. The molecule has 35 heavy (non-hydrogen) atoms. The summed E-state index contributed by atoms with van der Waals surface area (Å²) in [5.74, 6) is -8.20. The van der Waals surface area contributed by atoms with Crippen LogP contribution in [0, 0.1) is 0 Å². The monoisotopic (exact) mass is 500 g/mol. The Hall–Kier alpha value is -3.58. The van der Waals surface area contributed by atoms with E-state index in [0.29, 0.717) is 18.5 Å². The highest BCUT2D eigenvalue weighted by molar-refractivity contribution is 5.98. The molecule has 0 aliphatic carbocycles. The van der Waals surface area contributed by atoms with Crippen LogP contribution in [0.5, 0.6) is 0 Å². The molecule has 1 saturated heterocycles. The first-order valence-electron chi connectivity index (χ1n) is 10.3. The zero-order valence-electron chi connectivity index (χ0n) is 18.0. The lowest BCUT2D eigenvalue weighted by Gasteiger charge is -2.37. The van der Waals surface area contributed by atoms with Gasteiger partial charge in [0.05, 0.1) is 11.0 Å². The van der Waals surface area contributed by atoms with Gasteiger partial charge in [-0.3, -0.25) is 9.36 Å². The van der Waals surface area contributed by atoms with Crippen LogP contribution in [0.25, 0.3) is 16.7 Å². The third-order valence-electron chi connectivity index (χ3n) is 5.31. The molecule has 0 saturated carbocycles. The van der Waals surface area contributed by atoms with Crippen molar-refractivity contribution in [2.45, 2.75) is 30.5 Å². The smallest absolute Gasteiger partial charge is 0.475 e. The number of benzene rings is 2. The fourth-order valence-electron chi connectivity index (χ4n) is 3.46. The number of rotatable bonds is 4. The number of amides is 1. The van der Waals surface area contributed by atoms with Crippen LogP contribution in [0.15, 0.2) is 54.9 Å². The molecule has 3 aromatic rings. The maximum atomic E-state index is 14.6. The van der Waals surface area contributed by atoms with Gasteiger partial charge in [-0.15, -0.1) is 0 Å². The summed E-state index contributed by atoms with van der Waals surface area (Å²) < 4.78 is 62.8. The van der Waals surface area contributed by atoms with E-state index in [-0.39, 0.29) is 18.7 Å². The molecular formula is C22H21F5N4O4. The second-order valence-corrected chi connectivity index (χ2v) is 7.80. The van der Waals surface area contributed by atoms with Gasteiger partial charge in [0.1, 0.15) is 11.9 Å². The number of anilines is 1. The van der Waals surface area contributed by atoms with Crippen molar-refractivity contribution in [1.29, 1.82) is 0 Å². The van der Waals surface area contributed by atoms with Gasteiger partial charge in [0.25, 0.3) is 5.91 Å². The number of halogens is 5. The molecule has 1 atom stereocenters. The Kier molecular flexibility index (Phi) is 7.41. The highest BCUT2D eigenvalue weighted by Gasteiger charge is 2.58. The molecule has 188 valence electrons. The lowest BCUT2D eigenvalue weighted by molar-refractivity contribution is -0.192. The number of fused-ring (bicyclic) bond motifs is 1. The Morgan fingerprint density at radius 1 is 1.09 bits per heavy atom. The predicted octanol–water partition coefficient (Wildman–Crippen LogP) is 3.35. The minimum Gasteiger partial charge on any atom is -0.475 e. The lowest BCUT2D eigenvalue weighted by Crippen LogP contribution is -2.62. The van der Waals surface area contributed by atoms with Crippen LogP contribution < -0.4 is 10.6 Å². The number of β-amino-alcohol motifs (C(OH)–C–C–N with tert-alkyl or cyclic N) is 1. The maximum absolute atomic E-state index is 14.6. The number of aliphatic hydroxyl groups is 1. The summed E-state index contributed by atoms with van der Waals surface area (Å²) in [6.07, 6.45) is -3.21. The summed E-state index contributed by atoms with van der Waals surface area (Å²) in [4.78, 5) is 25.4. The first-order valence-corrected chi connectivity index (χ1v) is 10.3. The number of alkyl halides is 5. The summed E-state index contributed by atoms with van der Waals surface area (Å²) in [7, 11) is 0. The van der Waals surface area contributed by atoms with Gasteiger partial charge in [-0.25, -0.2) is 9.78 Å². The Labute approximate surface area is 195 Å². The summed E-state index contributed by atoms with van der Waals surface area (Å²) in [5, 5.41) is 22.3. The number of imidazole rings is 1. The summed E-state index contributed by atoms with van der Waals surface area (Å²) >= 11 is 0. The molecule has 0 radical (unpaired) electrons. The molecule has 4 N–H and O–H groups in total. The second-order valence-electron chi connectivity index (χ2n) is 7.80. The fourth-order valence-corrected chi connectivity index (χ4v) is 3.46. The zero-order valence-corrected chi connectivity index (χ0v) is 18.0. The molecule has 0 bridgehead atoms. The van der Waals surface area contributed by atoms with Gasteiger partial charge >= 0.3 is 18.1 Å². The quantitative estimate of drug-likeness (QED) is 0.409. The first kappa shape index (κ1) is 26.0. The number of piperidine rings is 1. The van der Waals surface area contributed by atoms with Crippen molar-refractivity contribution in [2.24, 2.45) is 0 Å². The van der Waals surface area contributed by atoms with E-state index in [4.69, 9.17) is 9.90 Å². The number of aromatic nitrogens is 2. The fraction of sp³-hybridized carbons (Fsp3) is 0.318.